The lowest BCUT2D eigenvalue weighted by molar-refractivity contribution is 0.101. The molecule has 0 N–H and O–H groups in total. The van der Waals surface area contributed by atoms with Crippen molar-refractivity contribution in [3.8, 4) is 17.0 Å². The van der Waals surface area contributed by atoms with Crippen LogP contribution in [0.4, 0.5) is 8.78 Å². The summed E-state index contributed by atoms with van der Waals surface area (Å²) >= 11 is 11.7. The third kappa shape index (κ3) is 2.66. The molecule has 7 heteroatoms. The first-order chi connectivity index (χ1) is 10.3. The van der Waals surface area contributed by atoms with E-state index in [4.69, 9.17) is 27.9 Å². The lowest BCUT2D eigenvalue weighted by Gasteiger charge is -2.13. The zero-order valence-electron chi connectivity index (χ0n) is 11.9. The molecule has 0 aliphatic carbocycles. The Labute approximate surface area is 135 Å². The Morgan fingerprint density at radius 3 is 2.41 bits per heavy atom. The van der Waals surface area contributed by atoms with Gasteiger partial charge in [-0.2, -0.15) is 0 Å². The Balaban J connectivity index is 2.81. The van der Waals surface area contributed by atoms with Crippen molar-refractivity contribution in [2.24, 2.45) is 0 Å². The van der Waals surface area contributed by atoms with Gasteiger partial charge in [-0.15, -0.1) is 0 Å². The minimum absolute atomic E-state index is 0.0187. The SMILES string of the molecule is COc1c(Cl)ccc(-c2nc(C(C)=O)c(Cl)c(C)c2F)c1F. The van der Waals surface area contributed by atoms with Gasteiger partial charge in [0.1, 0.15) is 11.4 Å². The minimum atomic E-state index is -0.863. The predicted molar refractivity (Wildman–Crippen MR) is 80.9 cm³/mol. The van der Waals surface area contributed by atoms with Gasteiger partial charge >= 0.3 is 0 Å². The second-order valence-electron chi connectivity index (χ2n) is 4.56. The highest BCUT2D eigenvalue weighted by Gasteiger charge is 2.23. The number of carbonyl (C=O) groups is 1. The van der Waals surface area contributed by atoms with Crippen LogP contribution in [-0.2, 0) is 0 Å². The quantitative estimate of drug-likeness (QED) is 0.746. The van der Waals surface area contributed by atoms with Crippen molar-refractivity contribution in [2.45, 2.75) is 13.8 Å². The number of ketones is 1. The lowest BCUT2D eigenvalue weighted by Crippen LogP contribution is -2.06. The van der Waals surface area contributed by atoms with Gasteiger partial charge in [0.15, 0.2) is 23.2 Å². The molecule has 1 aromatic heterocycles. The molecule has 0 amide bonds. The first-order valence-electron chi connectivity index (χ1n) is 6.18. The summed E-state index contributed by atoms with van der Waals surface area (Å²) in [6.45, 7) is 2.63. The van der Waals surface area contributed by atoms with E-state index >= 15 is 0 Å². The normalized spacial score (nSPS) is 10.7. The maximum absolute atomic E-state index is 14.4. The molecule has 0 fully saturated rings. The Hall–Kier alpha value is -1.72. The second-order valence-corrected chi connectivity index (χ2v) is 5.35. The number of ether oxygens (including phenoxy) is 1. The standard InChI is InChI=1S/C15H11Cl2F2NO2/c1-6-10(17)13(7(2)21)20-14(11(6)18)8-4-5-9(16)15(22-3)12(8)19/h4-5H,1-3H3. The maximum atomic E-state index is 14.4. The smallest absolute Gasteiger partial charge is 0.179 e. The highest BCUT2D eigenvalue weighted by molar-refractivity contribution is 6.34. The van der Waals surface area contributed by atoms with E-state index in [2.05, 4.69) is 4.98 Å². The number of Topliss-reactive ketones (excluding diaryl/α,β-unsaturated/α-hetero) is 1. The van der Waals surface area contributed by atoms with Crippen molar-refractivity contribution in [3.05, 3.63) is 45.1 Å². The number of carbonyl (C=O) groups excluding carboxylic acids is 1. The number of nitrogens with zero attached hydrogens (tertiary/aromatic N) is 1. The molecule has 0 saturated carbocycles. The molecule has 116 valence electrons. The zero-order chi connectivity index (χ0) is 16.6. The molecule has 1 aromatic carbocycles. The molecule has 2 aromatic rings. The number of rotatable bonds is 3. The van der Waals surface area contributed by atoms with Gasteiger partial charge in [0.2, 0.25) is 0 Å². The maximum Gasteiger partial charge on any atom is 0.179 e. The second kappa shape index (κ2) is 6.18. The van der Waals surface area contributed by atoms with E-state index in [1.54, 1.807) is 0 Å². The fraction of sp³-hybridized carbons (Fsp3) is 0.200. The van der Waals surface area contributed by atoms with Crippen LogP contribution in [0.2, 0.25) is 10.0 Å². The molecule has 0 radical (unpaired) electrons. The minimum Gasteiger partial charge on any atom is -0.492 e. The predicted octanol–water partition coefficient (Wildman–Crippen LogP) is 4.85. The van der Waals surface area contributed by atoms with E-state index in [1.807, 2.05) is 0 Å². The Kier molecular flexibility index (Phi) is 4.68. The Morgan fingerprint density at radius 1 is 1.23 bits per heavy atom. The van der Waals surface area contributed by atoms with Crippen LogP contribution >= 0.6 is 23.2 Å². The largest absolute Gasteiger partial charge is 0.492 e. The summed E-state index contributed by atoms with van der Waals surface area (Å²) in [6.07, 6.45) is 0. The first-order valence-corrected chi connectivity index (χ1v) is 6.94. The van der Waals surface area contributed by atoms with Gasteiger partial charge in [0.25, 0.3) is 0 Å². The molecule has 0 atom stereocenters. The van der Waals surface area contributed by atoms with Crippen LogP contribution in [0.5, 0.6) is 5.75 Å². The van der Waals surface area contributed by atoms with E-state index in [-0.39, 0.29) is 38.3 Å². The third-order valence-electron chi connectivity index (χ3n) is 3.14. The fourth-order valence-corrected chi connectivity index (χ4v) is 2.46. The van der Waals surface area contributed by atoms with Crippen LogP contribution in [-0.4, -0.2) is 17.9 Å². The summed E-state index contributed by atoms with van der Waals surface area (Å²) in [5, 5.41) is -0.0447. The molecule has 2 rings (SSSR count). The molecule has 0 aliphatic heterocycles. The van der Waals surface area contributed by atoms with Gasteiger partial charge in [-0.1, -0.05) is 23.2 Å². The summed E-state index contributed by atoms with van der Waals surface area (Å²) in [6, 6.07) is 2.63. The van der Waals surface area contributed by atoms with Gasteiger partial charge in [0, 0.05) is 18.1 Å². The number of pyridine rings is 1. The van der Waals surface area contributed by atoms with Crippen LogP contribution in [0.1, 0.15) is 23.0 Å². The average molecular weight is 346 g/mol. The van der Waals surface area contributed by atoms with E-state index < -0.39 is 17.4 Å². The number of methoxy groups -OCH3 is 1. The van der Waals surface area contributed by atoms with Crippen molar-refractivity contribution in [1.29, 1.82) is 0 Å². The van der Waals surface area contributed by atoms with E-state index in [0.717, 1.165) is 0 Å². The Morgan fingerprint density at radius 2 is 1.86 bits per heavy atom. The summed E-state index contributed by atoms with van der Waals surface area (Å²) in [5.74, 6) is -2.34. The molecule has 1 heterocycles. The first kappa shape index (κ1) is 16.6. The van der Waals surface area contributed by atoms with Crippen molar-refractivity contribution < 1.29 is 18.3 Å². The van der Waals surface area contributed by atoms with Crippen LogP contribution < -0.4 is 4.74 Å². The van der Waals surface area contributed by atoms with Gasteiger partial charge in [-0.25, -0.2) is 13.8 Å². The van der Waals surface area contributed by atoms with Crippen molar-refractivity contribution in [1.82, 2.24) is 4.98 Å². The number of halogens is 4. The summed E-state index contributed by atoms with van der Waals surface area (Å²) in [7, 11) is 1.24. The van der Waals surface area contributed by atoms with E-state index in [1.165, 1.54) is 33.1 Å². The third-order valence-corrected chi connectivity index (χ3v) is 3.90. The van der Waals surface area contributed by atoms with Gasteiger partial charge < -0.3 is 4.74 Å². The van der Waals surface area contributed by atoms with Crippen molar-refractivity contribution in [3.63, 3.8) is 0 Å². The van der Waals surface area contributed by atoms with E-state index in [9.17, 15) is 13.6 Å². The number of hydrogen-bond donors (Lipinski definition) is 0. The summed E-state index contributed by atoms with van der Waals surface area (Å²) in [4.78, 5) is 15.4. The average Bonchev–Trinajstić information content (AvgIpc) is 2.46. The molecule has 0 spiro atoms. The van der Waals surface area contributed by atoms with Crippen molar-refractivity contribution >= 4 is 29.0 Å². The van der Waals surface area contributed by atoms with Crippen molar-refractivity contribution in [2.75, 3.05) is 7.11 Å². The molecule has 0 unspecified atom stereocenters. The molecule has 22 heavy (non-hydrogen) atoms. The molecule has 3 nitrogen and oxygen atoms in total. The number of aromatic nitrogens is 1. The molecular weight excluding hydrogens is 335 g/mol. The summed E-state index contributed by atoms with van der Waals surface area (Å²) in [5.41, 5.74) is -0.588. The summed E-state index contributed by atoms with van der Waals surface area (Å²) < 4.78 is 33.7. The van der Waals surface area contributed by atoms with Gasteiger partial charge in [0.05, 0.1) is 17.2 Å². The van der Waals surface area contributed by atoms with E-state index in [0.29, 0.717) is 0 Å². The van der Waals surface area contributed by atoms with Gasteiger partial charge in [-0.05, 0) is 19.1 Å². The van der Waals surface area contributed by atoms with Crippen LogP contribution in [0.3, 0.4) is 0 Å². The number of hydrogen-bond acceptors (Lipinski definition) is 3. The van der Waals surface area contributed by atoms with Crippen LogP contribution in [0.15, 0.2) is 12.1 Å². The van der Waals surface area contributed by atoms with Crippen LogP contribution in [0.25, 0.3) is 11.3 Å². The monoisotopic (exact) mass is 345 g/mol. The highest BCUT2D eigenvalue weighted by Crippen LogP contribution is 2.37. The topological polar surface area (TPSA) is 39.2 Å². The molecule has 0 aliphatic rings. The highest BCUT2D eigenvalue weighted by atomic mass is 35.5. The molecule has 0 saturated heterocycles. The molecule has 0 bridgehead atoms. The fourth-order valence-electron chi connectivity index (χ4n) is 1.98. The Bertz CT molecular complexity index is 779. The van der Waals surface area contributed by atoms with Crippen LogP contribution in [0, 0.1) is 18.6 Å². The zero-order valence-corrected chi connectivity index (χ0v) is 13.4. The number of benzene rings is 1. The molecular formula is C15H11Cl2F2NO2. The lowest BCUT2D eigenvalue weighted by atomic mass is 10.1. The van der Waals surface area contributed by atoms with Gasteiger partial charge in [-0.3, -0.25) is 4.79 Å².